The monoisotopic (exact) mass is 283 g/mol. The topological polar surface area (TPSA) is 68.1 Å². The van der Waals surface area contributed by atoms with Crippen molar-refractivity contribution in [2.24, 2.45) is 0 Å². The van der Waals surface area contributed by atoms with Gasteiger partial charge in [0, 0.05) is 36.2 Å². The Morgan fingerprint density at radius 2 is 1.86 bits per heavy atom. The Morgan fingerprint density at radius 3 is 2.48 bits per heavy atom. The molecule has 0 atom stereocenters. The number of hydrogen-bond acceptors (Lipinski definition) is 4. The number of nitrogens with one attached hydrogen (secondary N) is 3. The summed E-state index contributed by atoms with van der Waals surface area (Å²) in [6.07, 6.45) is 0.704. The first kappa shape index (κ1) is 14.9. The maximum absolute atomic E-state index is 9.27. The first-order valence-corrected chi connectivity index (χ1v) is 7.05. The predicted molar refractivity (Wildman–Crippen MR) is 88.5 cm³/mol. The molecule has 0 spiro atoms. The molecule has 4 nitrogen and oxygen atoms in total. The molecule has 0 amide bonds. The van der Waals surface area contributed by atoms with Crippen LogP contribution in [0.25, 0.3) is 0 Å². The van der Waals surface area contributed by atoms with Crippen LogP contribution in [0, 0.1) is 5.41 Å². The van der Waals surface area contributed by atoms with Gasteiger partial charge < -0.3 is 21.1 Å². The third-order valence-corrected chi connectivity index (χ3v) is 3.40. The van der Waals surface area contributed by atoms with Crippen molar-refractivity contribution in [3.05, 3.63) is 53.6 Å². The Bertz CT molecular complexity index is 620. The molecule has 0 aliphatic heterocycles. The number of hydrogen-bond donors (Lipinski definition) is 4. The van der Waals surface area contributed by atoms with Gasteiger partial charge in [0.25, 0.3) is 0 Å². The molecule has 0 heterocycles. The quantitative estimate of drug-likeness (QED) is 0.609. The van der Waals surface area contributed by atoms with Gasteiger partial charge in [-0.05, 0) is 42.3 Å². The molecule has 110 valence electrons. The highest BCUT2D eigenvalue weighted by Gasteiger charge is 2.07. The van der Waals surface area contributed by atoms with Gasteiger partial charge in [-0.1, -0.05) is 19.1 Å². The number of benzene rings is 2. The van der Waals surface area contributed by atoms with Crippen molar-refractivity contribution in [2.75, 3.05) is 17.7 Å². The van der Waals surface area contributed by atoms with Crippen molar-refractivity contribution < 1.29 is 5.11 Å². The second-order valence-corrected chi connectivity index (χ2v) is 4.86. The molecule has 0 aromatic heterocycles. The number of rotatable bonds is 6. The van der Waals surface area contributed by atoms with Gasteiger partial charge >= 0.3 is 0 Å². The summed E-state index contributed by atoms with van der Waals surface area (Å²) in [5.41, 5.74) is 4.59. The van der Waals surface area contributed by atoms with Crippen molar-refractivity contribution in [3.63, 3.8) is 0 Å². The number of aromatic hydroxyl groups is 1. The van der Waals surface area contributed by atoms with Crippen LogP contribution in [0.5, 0.6) is 5.75 Å². The normalized spacial score (nSPS) is 10.2. The van der Waals surface area contributed by atoms with E-state index < -0.39 is 0 Å². The molecule has 2 aromatic carbocycles. The van der Waals surface area contributed by atoms with Crippen molar-refractivity contribution in [1.29, 1.82) is 5.41 Å². The van der Waals surface area contributed by atoms with Crippen LogP contribution in [0.15, 0.2) is 42.5 Å². The van der Waals surface area contributed by atoms with Crippen molar-refractivity contribution in [2.45, 2.75) is 19.9 Å². The van der Waals surface area contributed by atoms with E-state index in [0.29, 0.717) is 18.7 Å². The summed E-state index contributed by atoms with van der Waals surface area (Å²) in [6.45, 7) is 2.66. The van der Waals surface area contributed by atoms with Gasteiger partial charge in [-0.3, -0.25) is 0 Å². The van der Waals surface area contributed by atoms with E-state index in [1.54, 1.807) is 12.1 Å². The van der Waals surface area contributed by atoms with E-state index in [0.717, 1.165) is 22.5 Å². The van der Waals surface area contributed by atoms with Crippen molar-refractivity contribution >= 4 is 17.1 Å². The molecule has 0 aliphatic rings. The van der Waals surface area contributed by atoms with Crippen molar-refractivity contribution in [3.8, 4) is 5.75 Å². The highest BCUT2D eigenvalue weighted by molar-refractivity contribution is 6.03. The third-order valence-electron chi connectivity index (χ3n) is 3.40. The molecular formula is C17H21N3O. The summed E-state index contributed by atoms with van der Waals surface area (Å²) in [5, 5.41) is 23.8. The first-order valence-electron chi connectivity index (χ1n) is 7.05. The molecule has 0 radical (unpaired) electrons. The fraction of sp³-hybridized carbons (Fsp3) is 0.235. The Morgan fingerprint density at radius 1 is 1.14 bits per heavy atom. The van der Waals surface area contributed by atoms with Crippen LogP contribution in [0.4, 0.5) is 11.4 Å². The lowest BCUT2D eigenvalue weighted by molar-refractivity contribution is 0.475. The minimum absolute atomic E-state index is 0.274. The summed E-state index contributed by atoms with van der Waals surface area (Å²) >= 11 is 0. The van der Waals surface area contributed by atoms with Crippen LogP contribution < -0.4 is 10.6 Å². The van der Waals surface area contributed by atoms with Gasteiger partial charge in [-0.15, -0.1) is 0 Å². The van der Waals surface area contributed by atoms with Gasteiger partial charge in [-0.25, -0.2) is 0 Å². The van der Waals surface area contributed by atoms with Gasteiger partial charge in [0.2, 0.25) is 0 Å². The minimum Gasteiger partial charge on any atom is -0.508 e. The number of phenolic OH excluding ortho intramolecular Hbond substituents is 1. The molecule has 2 rings (SSSR count). The average Bonchev–Trinajstić information content (AvgIpc) is 2.53. The van der Waals surface area contributed by atoms with E-state index in [1.165, 1.54) is 0 Å². The first-order chi connectivity index (χ1) is 10.1. The maximum atomic E-state index is 9.27. The van der Waals surface area contributed by atoms with Crippen LogP contribution in [0.3, 0.4) is 0 Å². The summed E-state index contributed by atoms with van der Waals surface area (Å²) in [7, 11) is 1.87. The standard InChI is InChI=1S/C17H21N3O/c1-3-16(18)15-10-13(6-9-17(15)19-2)20-11-12-4-7-14(21)8-5-12/h4-10,18-21H,3,11H2,1-2H3. The maximum Gasteiger partial charge on any atom is 0.115 e. The van der Waals surface area contributed by atoms with E-state index in [1.807, 2.05) is 44.3 Å². The third kappa shape index (κ3) is 3.75. The van der Waals surface area contributed by atoms with E-state index in [-0.39, 0.29) is 5.75 Å². The highest BCUT2D eigenvalue weighted by atomic mass is 16.3. The summed E-state index contributed by atoms with van der Waals surface area (Å²) in [5.74, 6) is 0.274. The molecule has 0 aliphatic carbocycles. The molecule has 21 heavy (non-hydrogen) atoms. The SMILES string of the molecule is CCC(=N)c1cc(NCc2ccc(O)cc2)ccc1NC. The molecular weight excluding hydrogens is 262 g/mol. The minimum atomic E-state index is 0.274. The largest absolute Gasteiger partial charge is 0.508 e. The second kappa shape index (κ2) is 6.79. The van der Waals surface area contributed by atoms with Crippen LogP contribution in [-0.4, -0.2) is 17.9 Å². The van der Waals surface area contributed by atoms with Gasteiger partial charge in [0.1, 0.15) is 5.75 Å². The Kier molecular flexibility index (Phi) is 4.82. The smallest absolute Gasteiger partial charge is 0.115 e. The van der Waals surface area contributed by atoms with E-state index in [9.17, 15) is 5.11 Å². The van der Waals surface area contributed by atoms with E-state index in [4.69, 9.17) is 5.41 Å². The Balaban J connectivity index is 2.13. The molecule has 0 bridgehead atoms. The second-order valence-electron chi connectivity index (χ2n) is 4.86. The lowest BCUT2D eigenvalue weighted by Crippen LogP contribution is -2.05. The van der Waals surface area contributed by atoms with Crippen molar-refractivity contribution in [1.82, 2.24) is 0 Å². The van der Waals surface area contributed by atoms with Gasteiger partial charge in [0.05, 0.1) is 0 Å². The molecule has 0 saturated carbocycles. The van der Waals surface area contributed by atoms with Crippen LogP contribution in [-0.2, 0) is 6.54 Å². The van der Waals surface area contributed by atoms with Gasteiger partial charge in [-0.2, -0.15) is 0 Å². The number of anilines is 2. The Labute approximate surface area is 125 Å². The van der Waals surface area contributed by atoms with E-state index >= 15 is 0 Å². The van der Waals surface area contributed by atoms with Crippen LogP contribution in [0.2, 0.25) is 0 Å². The van der Waals surface area contributed by atoms with E-state index in [2.05, 4.69) is 10.6 Å². The molecule has 4 heteroatoms. The predicted octanol–water partition coefficient (Wildman–Crippen LogP) is 3.82. The highest BCUT2D eigenvalue weighted by Crippen LogP contribution is 2.22. The summed E-state index contributed by atoms with van der Waals surface area (Å²) in [4.78, 5) is 0. The van der Waals surface area contributed by atoms with Crippen LogP contribution in [0.1, 0.15) is 24.5 Å². The molecule has 0 unspecified atom stereocenters. The summed E-state index contributed by atoms with van der Waals surface area (Å²) < 4.78 is 0. The zero-order chi connectivity index (χ0) is 15.2. The molecule has 2 aromatic rings. The molecule has 0 fully saturated rings. The fourth-order valence-corrected chi connectivity index (χ4v) is 2.13. The lowest BCUT2D eigenvalue weighted by Gasteiger charge is -2.13. The zero-order valence-corrected chi connectivity index (χ0v) is 12.4. The number of phenols is 1. The van der Waals surface area contributed by atoms with Gasteiger partial charge in [0.15, 0.2) is 0 Å². The Hall–Kier alpha value is -2.49. The van der Waals surface area contributed by atoms with Crippen LogP contribution >= 0.6 is 0 Å². The zero-order valence-electron chi connectivity index (χ0n) is 12.4. The lowest BCUT2D eigenvalue weighted by atomic mass is 10.0. The average molecular weight is 283 g/mol. The molecule has 4 N–H and O–H groups in total. The summed E-state index contributed by atoms with van der Waals surface area (Å²) in [6, 6.07) is 13.1. The molecule has 0 saturated heterocycles. The fourth-order valence-electron chi connectivity index (χ4n) is 2.13.